The predicted molar refractivity (Wildman–Crippen MR) is 87.4 cm³/mol. The molecular formula is C18H11N3O3. The highest BCUT2D eigenvalue weighted by atomic mass is 16.4. The fraction of sp³-hybridized carbons (Fsp3) is 0. The molecule has 0 unspecified atom stereocenters. The molecule has 4 aromatic rings. The van der Waals surface area contributed by atoms with Crippen LogP contribution in [0.15, 0.2) is 65.2 Å². The third kappa shape index (κ3) is 2.50. The maximum Gasteiger partial charge on any atom is 0.335 e. The van der Waals surface area contributed by atoms with Crippen LogP contribution < -0.4 is 0 Å². The van der Waals surface area contributed by atoms with E-state index in [2.05, 4.69) is 15.2 Å². The van der Waals surface area contributed by atoms with Crippen LogP contribution in [-0.2, 0) is 0 Å². The first-order valence-corrected chi connectivity index (χ1v) is 7.23. The Kier molecular flexibility index (Phi) is 3.28. The molecule has 2 aromatic carbocycles. The van der Waals surface area contributed by atoms with Crippen molar-refractivity contribution < 1.29 is 14.3 Å². The van der Waals surface area contributed by atoms with Gasteiger partial charge in [0.2, 0.25) is 11.8 Å². The molecule has 0 radical (unpaired) electrons. The van der Waals surface area contributed by atoms with Crippen molar-refractivity contribution in [2.75, 3.05) is 0 Å². The lowest BCUT2D eigenvalue weighted by Gasteiger charge is -1.99. The van der Waals surface area contributed by atoms with E-state index in [1.807, 2.05) is 30.3 Å². The monoisotopic (exact) mass is 317 g/mol. The van der Waals surface area contributed by atoms with Crippen LogP contribution in [0.1, 0.15) is 10.4 Å². The summed E-state index contributed by atoms with van der Waals surface area (Å²) in [6.45, 7) is 0. The van der Waals surface area contributed by atoms with Gasteiger partial charge in [-0.3, -0.25) is 4.98 Å². The molecule has 24 heavy (non-hydrogen) atoms. The number of pyridine rings is 1. The van der Waals surface area contributed by atoms with E-state index in [-0.39, 0.29) is 11.5 Å². The molecule has 0 aliphatic rings. The van der Waals surface area contributed by atoms with E-state index >= 15 is 0 Å². The third-order valence-corrected chi connectivity index (χ3v) is 3.62. The summed E-state index contributed by atoms with van der Waals surface area (Å²) < 4.78 is 5.68. The minimum absolute atomic E-state index is 0.166. The number of hydrogen-bond acceptors (Lipinski definition) is 5. The van der Waals surface area contributed by atoms with Crippen LogP contribution in [0.5, 0.6) is 0 Å². The van der Waals surface area contributed by atoms with E-state index < -0.39 is 5.97 Å². The van der Waals surface area contributed by atoms with Gasteiger partial charge in [0.05, 0.1) is 16.6 Å². The Bertz CT molecular complexity index is 1060. The second kappa shape index (κ2) is 5.58. The van der Waals surface area contributed by atoms with Crippen LogP contribution in [0.25, 0.3) is 33.8 Å². The number of benzene rings is 2. The maximum absolute atomic E-state index is 11.1. The van der Waals surface area contributed by atoms with Gasteiger partial charge >= 0.3 is 5.97 Å². The first-order valence-electron chi connectivity index (χ1n) is 7.23. The van der Waals surface area contributed by atoms with Crippen molar-refractivity contribution in [3.63, 3.8) is 0 Å². The lowest BCUT2D eigenvalue weighted by molar-refractivity contribution is 0.0697. The van der Waals surface area contributed by atoms with Crippen molar-refractivity contribution in [2.24, 2.45) is 0 Å². The van der Waals surface area contributed by atoms with Gasteiger partial charge in [0.25, 0.3) is 0 Å². The fourth-order valence-corrected chi connectivity index (χ4v) is 2.43. The quantitative estimate of drug-likeness (QED) is 0.620. The molecule has 0 saturated carbocycles. The summed E-state index contributed by atoms with van der Waals surface area (Å²) in [5.41, 5.74) is 2.32. The summed E-state index contributed by atoms with van der Waals surface area (Å²) in [5.74, 6) is -0.402. The Hall–Kier alpha value is -3.54. The zero-order chi connectivity index (χ0) is 16.5. The Morgan fingerprint density at radius 2 is 1.71 bits per heavy atom. The first kappa shape index (κ1) is 14.1. The average Bonchev–Trinajstić information content (AvgIpc) is 3.11. The van der Waals surface area contributed by atoms with Gasteiger partial charge in [0.1, 0.15) is 0 Å². The lowest BCUT2D eigenvalue weighted by atomic mass is 10.1. The number of hydrogen-bond donors (Lipinski definition) is 1. The molecule has 4 rings (SSSR count). The second-order valence-corrected chi connectivity index (χ2v) is 5.22. The van der Waals surface area contributed by atoms with E-state index in [1.54, 1.807) is 18.3 Å². The molecule has 0 atom stereocenters. The topological polar surface area (TPSA) is 89.1 Å². The van der Waals surface area contributed by atoms with Gasteiger partial charge in [0, 0.05) is 17.1 Å². The van der Waals surface area contributed by atoms with Gasteiger partial charge in [-0.15, -0.1) is 10.2 Å². The molecule has 0 fully saturated rings. The number of aromatic nitrogens is 3. The van der Waals surface area contributed by atoms with Gasteiger partial charge in [0.15, 0.2) is 0 Å². The molecule has 0 saturated heterocycles. The molecule has 6 nitrogen and oxygen atoms in total. The summed E-state index contributed by atoms with van der Waals surface area (Å²) in [6, 6.07) is 16.0. The minimum Gasteiger partial charge on any atom is -0.478 e. The van der Waals surface area contributed by atoms with E-state index in [0.717, 1.165) is 10.9 Å². The number of aromatic carboxylic acids is 1. The second-order valence-electron chi connectivity index (χ2n) is 5.22. The minimum atomic E-state index is -1.00. The van der Waals surface area contributed by atoms with Gasteiger partial charge < -0.3 is 9.52 Å². The van der Waals surface area contributed by atoms with Crippen LogP contribution in [-0.4, -0.2) is 26.3 Å². The van der Waals surface area contributed by atoms with E-state index in [4.69, 9.17) is 9.52 Å². The summed E-state index contributed by atoms with van der Waals surface area (Å²) >= 11 is 0. The number of rotatable bonds is 3. The van der Waals surface area contributed by atoms with Crippen LogP contribution in [0.2, 0.25) is 0 Å². The molecule has 1 N–H and O–H groups in total. The van der Waals surface area contributed by atoms with Gasteiger partial charge in [-0.05, 0) is 30.3 Å². The smallest absolute Gasteiger partial charge is 0.335 e. The third-order valence-electron chi connectivity index (χ3n) is 3.62. The van der Waals surface area contributed by atoms with Crippen molar-refractivity contribution in [1.82, 2.24) is 15.2 Å². The maximum atomic E-state index is 11.1. The molecule has 116 valence electrons. The molecule has 0 aliphatic carbocycles. The van der Waals surface area contributed by atoms with Crippen LogP contribution in [0, 0.1) is 0 Å². The molecular weight excluding hydrogens is 306 g/mol. The zero-order valence-corrected chi connectivity index (χ0v) is 12.4. The van der Waals surface area contributed by atoms with Crippen molar-refractivity contribution in [3.05, 3.63) is 66.4 Å². The number of nitrogens with zero attached hydrogens (tertiary/aromatic N) is 3. The summed E-state index contributed by atoms with van der Waals surface area (Å²) in [5, 5.41) is 18.1. The van der Waals surface area contributed by atoms with E-state index in [9.17, 15) is 4.79 Å². The number of fused-ring (bicyclic) bond motifs is 1. The molecule has 0 bridgehead atoms. The van der Waals surface area contributed by atoms with Crippen LogP contribution in [0.3, 0.4) is 0 Å². The van der Waals surface area contributed by atoms with E-state index in [1.165, 1.54) is 12.1 Å². The lowest BCUT2D eigenvalue weighted by Crippen LogP contribution is -1.95. The predicted octanol–water partition coefficient (Wildman–Crippen LogP) is 3.65. The van der Waals surface area contributed by atoms with Crippen molar-refractivity contribution >= 4 is 16.9 Å². The number of carbonyl (C=O) groups is 1. The highest BCUT2D eigenvalue weighted by Gasteiger charge is 2.13. The zero-order valence-electron chi connectivity index (χ0n) is 12.4. The molecule has 0 amide bonds. The molecule has 6 heteroatoms. The fourth-order valence-electron chi connectivity index (χ4n) is 2.43. The average molecular weight is 317 g/mol. The Labute approximate surface area is 136 Å². The Balaban J connectivity index is 1.73. The van der Waals surface area contributed by atoms with E-state index in [0.29, 0.717) is 17.0 Å². The summed E-state index contributed by atoms with van der Waals surface area (Å²) in [7, 11) is 0. The number of para-hydroxylation sites is 1. The normalized spacial score (nSPS) is 10.8. The van der Waals surface area contributed by atoms with Gasteiger partial charge in [-0.25, -0.2) is 4.79 Å². The molecule has 2 aromatic heterocycles. The Morgan fingerprint density at radius 3 is 2.54 bits per heavy atom. The van der Waals surface area contributed by atoms with Crippen LogP contribution >= 0.6 is 0 Å². The first-order chi connectivity index (χ1) is 11.7. The molecule has 0 spiro atoms. The highest BCUT2D eigenvalue weighted by molar-refractivity contribution is 5.89. The summed E-state index contributed by atoms with van der Waals surface area (Å²) in [4.78, 5) is 15.4. The van der Waals surface area contributed by atoms with Crippen molar-refractivity contribution in [3.8, 4) is 22.9 Å². The van der Waals surface area contributed by atoms with Crippen LogP contribution in [0.4, 0.5) is 0 Å². The Morgan fingerprint density at radius 1 is 0.917 bits per heavy atom. The number of carboxylic acids is 1. The van der Waals surface area contributed by atoms with Crippen molar-refractivity contribution in [1.29, 1.82) is 0 Å². The SMILES string of the molecule is O=C(O)c1cccc(-c2nnc(-c3cnc4ccccc4c3)o2)c1. The standard InChI is InChI=1S/C18H11N3O3/c22-18(23)13-6-3-5-12(9-13)16-20-21-17(24-16)14-8-11-4-1-2-7-15(11)19-10-14/h1-10H,(H,22,23). The van der Waals surface area contributed by atoms with Gasteiger partial charge in [-0.2, -0.15) is 0 Å². The highest BCUT2D eigenvalue weighted by Crippen LogP contribution is 2.26. The van der Waals surface area contributed by atoms with Crippen molar-refractivity contribution in [2.45, 2.75) is 0 Å². The van der Waals surface area contributed by atoms with Gasteiger partial charge in [-0.1, -0.05) is 24.3 Å². The summed E-state index contributed by atoms with van der Waals surface area (Å²) in [6.07, 6.45) is 1.67. The molecule has 0 aliphatic heterocycles. The largest absolute Gasteiger partial charge is 0.478 e. The molecule has 2 heterocycles. The number of carboxylic acid groups (broad SMARTS) is 1.